The minimum Gasteiger partial charge on any atom is -0.497 e. The van der Waals surface area contributed by atoms with Crippen molar-refractivity contribution in [3.63, 3.8) is 0 Å². The fourth-order valence-electron chi connectivity index (χ4n) is 3.70. The van der Waals surface area contributed by atoms with Gasteiger partial charge in [0, 0.05) is 31.4 Å². The number of carbonyl (C=O) groups excluding carboxylic acids is 1. The van der Waals surface area contributed by atoms with Crippen LogP contribution in [-0.4, -0.2) is 66.2 Å². The molecule has 1 fully saturated rings. The quantitative estimate of drug-likeness (QED) is 0.580. The summed E-state index contributed by atoms with van der Waals surface area (Å²) in [5.74, 6) is 1.74. The summed E-state index contributed by atoms with van der Waals surface area (Å²) >= 11 is 0. The van der Waals surface area contributed by atoms with Crippen molar-refractivity contribution in [3.8, 4) is 22.8 Å². The first-order valence-electron chi connectivity index (χ1n) is 10.7. The predicted octanol–water partition coefficient (Wildman–Crippen LogP) is 1.97. The number of aryl methyl sites for hydroxylation is 2. The molecule has 3 aromatic rings. The zero-order valence-electron chi connectivity index (χ0n) is 19.3. The molecule has 0 atom stereocenters. The minimum absolute atomic E-state index is 0.248. The monoisotopic (exact) mass is 452 g/mol. The SMILES string of the molecule is COc1ccc(OC)c(-c2cc(C(=O)NCc3cc(C)nc(N4CCOCC4)n3)n(C)n2)c1. The lowest BCUT2D eigenvalue weighted by Crippen LogP contribution is -2.37. The number of morpholine rings is 1. The highest BCUT2D eigenvalue weighted by atomic mass is 16.5. The van der Waals surface area contributed by atoms with Crippen LogP contribution in [0.2, 0.25) is 0 Å². The molecule has 174 valence electrons. The van der Waals surface area contributed by atoms with Gasteiger partial charge >= 0.3 is 0 Å². The third kappa shape index (κ3) is 5.06. The van der Waals surface area contributed by atoms with Crippen molar-refractivity contribution in [3.05, 3.63) is 47.4 Å². The van der Waals surface area contributed by atoms with Gasteiger partial charge in [0.25, 0.3) is 5.91 Å². The summed E-state index contributed by atoms with van der Waals surface area (Å²) in [4.78, 5) is 24.2. The Morgan fingerprint density at radius 2 is 1.91 bits per heavy atom. The Bertz CT molecular complexity index is 1140. The minimum atomic E-state index is -0.248. The van der Waals surface area contributed by atoms with Crippen molar-refractivity contribution in [2.45, 2.75) is 13.5 Å². The van der Waals surface area contributed by atoms with E-state index in [1.54, 1.807) is 32.0 Å². The molecule has 10 heteroatoms. The fourth-order valence-corrected chi connectivity index (χ4v) is 3.70. The molecule has 0 radical (unpaired) electrons. The van der Waals surface area contributed by atoms with Crippen LogP contribution in [0, 0.1) is 6.92 Å². The van der Waals surface area contributed by atoms with E-state index in [1.807, 2.05) is 31.2 Å². The molecule has 1 N–H and O–H groups in total. The number of carbonyl (C=O) groups is 1. The van der Waals surface area contributed by atoms with E-state index < -0.39 is 0 Å². The number of hydrogen-bond donors (Lipinski definition) is 1. The molecule has 33 heavy (non-hydrogen) atoms. The first kappa shape index (κ1) is 22.5. The zero-order valence-corrected chi connectivity index (χ0v) is 19.3. The Balaban J connectivity index is 1.50. The summed E-state index contributed by atoms with van der Waals surface area (Å²) in [6, 6.07) is 9.07. The van der Waals surface area contributed by atoms with Gasteiger partial charge in [-0.3, -0.25) is 9.48 Å². The van der Waals surface area contributed by atoms with Gasteiger partial charge in [-0.2, -0.15) is 5.10 Å². The number of aromatic nitrogens is 4. The van der Waals surface area contributed by atoms with Gasteiger partial charge < -0.3 is 24.4 Å². The number of rotatable bonds is 7. The average molecular weight is 453 g/mol. The number of amides is 1. The molecule has 1 aliphatic heterocycles. The Morgan fingerprint density at radius 1 is 1.12 bits per heavy atom. The summed E-state index contributed by atoms with van der Waals surface area (Å²) in [6.45, 7) is 5.02. The second-order valence-corrected chi connectivity index (χ2v) is 7.69. The van der Waals surface area contributed by atoms with Gasteiger partial charge in [0.05, 0.1) is 45.4 Å². The predicted molar refractivity (Wildman–Crippen MR) is 123 cm³/mol. The molecule has 4 rings (SSSR count). The van der Waals surface area contributed by atoms with E-state index in [2.05, 4.69) is 25.3 Å². The molecule has 0 saturated carbocycles. The summed E-state index contributed by atoms with van der Waals surface area (Å²) in [5.41, 5.74) is 3.38. The smallest absolute Gasteiger partial charge is 0.269 e. The van der Waals surface area contributed by atoms with E-state index in [0.29, 0.717) is 42.0 Å². The molecule has 1 saturated heterocycles. The summed E-state index contributed by atoms with van der Waals surface area (Å²) in [7, 11) is 4.93. The van der Waals surface area contributed by atoms with E-state index in [0.717, 1.165) is 30.0 Å². The normalized spacial score (nSPS) is 13.6. The third-order valence-electron chi connectivity index (χ3n) is 5.41. The number of anilines is 1. The zero-order chi connectivity index (χ0) is 23.4. The maximum absolute atomic E-state index is 12.9. The van der Waals surface area contributed by atoms with Crippen LogP contribution in [0.5, 0.6) is 11.5 Å². The van der Waals surface area contributed by atoms with E-state index in [-0.39, 0.29) is 12.5 Å². The molecular formula is C23H28N6O4. The maximum Gasteiger partial charge on any atom is 0.269 e. The third-order valence-corrected chi connectivity index (χ3v) is 5.41. The molecule has 0 spiro atoms. The van der Waals surface area contributed by atoms with Gasteiger partial charge in [-0.1, -0.05) is 0 Å². The van der Waals surface area contributed by atoms with Crippen LogP contribution in [0.25, 0.3) is 11.3 Å². The van der Waals surface area contributed by atoms with Crippen molar-refractivity contribution in [2.75, 3.05) is 45.4 Å². The van der Waals surface area contributed by atoms with Gasteiger partial charge in [-0.15, -0.1) is 0 Å². The Labute approximate surface area is 192 Å². The van der Waals surface area contributed by atoms with Crippen LogP contribution in [-0.2, 0) is 18.3 Å². The highest BCUT2D eigenvalue weighted by Gasteiger charge is 2.19. The maximum atomic E-state index is 12.9. The average Bonchev–Trinajstić information content (AvgIpc) is 3.23. The lowest BCUT2D eigenvalue weighted by molar-refractivity contribution is 0.0941. The molecular weight excluding hydrogens is 424 g/mol. The van der Waals surface area contributed by atoms with Crippen LogP contribution in [0.1, 0.15) is 21.9 Å². The molecule has 0 aliphatic carbocycles. The van der Waals surface area contributed by atoms with Crippen LogP contribution in [0.15, 0.2) is 30.3 Å². The molecule has 0 bridgehead atoms. The molecule has 1 amide bonds. The fraction of sp³-hybridized carbons (Fsp3) is 0.391. The molecule has 2 aromatic heterocycles. The van der Waals surface area contributed by atoms with Gasteiger partial charge in [0.1, 0.15) is 17.2 Å². The second-order valence-electron chi connectivity index (χ2n) is 7.69. The largest absolute Gasteiger partial charge is 0.497 e. The van der Waals surface area contributed by atoms with Crippen LogP contribution in [0.4, 0.5) is 5.95 Å². The number of ether oxygens (including phenoxy) is 3. The van der Waals surface area contributed by atoms with Crippen molar-refractivity contribution >= 4 is 11.9 Å². The Kier molecular flexibility index (Phi) is 6.74. The molecule has 1 aliphatic rings. The van der Waals surface area contributed by atoms with E-state index in [4.69, 9.17) is 14.2 Å². The number of hydrogen-bond acceptors (Lipinski definition) is 8. The van der Waals surface area contributed by atoms with Gasteiger partial charge in [0.2, 0.25) is 5.95 Å². The van der Waals surface area contributed by atoms with E-state index in [9.17, 15) is 4.79 Å². The first-order valence-corrected chi connectivity index (χ1v) is 10.7. The number of benzene rings is 1. The highest BCUT2D eigenvalue weighted by molar-refractivity contribution is 5.93. The second kappa shape index (κ2) is 9.86. The molecule has 10 nitrogen and oxygen atoms in total. The van der Waals surface area contributed by atoms with E-state index in [1.165, 1.54) is 0 Å². The van der Waals surface area contributed by atoms with E-state index >= 15 is 0 Å². The van der Waals surface area contributed by atoms with Crippen molar-refractivity contribution in [1.29, 1.82) is 0 Å². The Morgan fingerprint density at radius 3 is 2.64 bits per heavy atom. The Hall–Kier alpha value is -3.66. The molecule has 3 heterocycles. The van der Waals surface area contributed by atoms with Crippen LogP contribution in [0.3, 0.4) is 0 Å². The molecule has 0 unspecified atom stereocenters. The van der Waals surface area contributed by atoms with Crippen molar-refractivity contribution in [1.82, 2.24) is 25.1 Å². The number of methoxy groups -OCH3 is 2. The standard InChI is InChI=1S/C23H28N6O4/c1-15-11-16(26-23(25-15)29-7-9-33-10-8-29)14-24-22(30)20-13-19(27-28(20)2)18-12-17(31-3)5-6-21(18)32-4/h5-6,11-13H,7-10,14H2,1-4H3,(H,24,30). The van der Waals surface area contributed by atoms with Crippen LogP contribution < -0.4 is 19.7 Å². The number of nitrogens with zero attached hydrogens (tertiary/aromatic N) is 5. The van der Waals surface area contributed by atoms with Crippen LogP contribution >= 0.6 is 0 Å². The van der Waals surface area contributed by atoms with Gasteiger partial charge in [0.15, 0.2) is 0 Å². The van der Waals surface area contributed by atoms with Gasteiger partial charge in [-0.25, -0.2) is 9.97 Å². The topological polar surface area (TPSA) is 104 Å². The first-order chi connectivity index (χ1) is 16.0. The van der Waals surface area contributed by atoms with Crippen molar-refractivity contribution < 1.29 is 19.0 Å². The summed E-state index contributed by atoms with van der Waals surface area (Å²) in [5, 5.41) is 7.45. The van der Waals surface area contributed by atoms with Crippen molar-refractivity contribution in [2.24, 2.45) is 7.05 Å². The number of nitrogens with one attached hydrogen (secondary N) is 1. The van der Waals surface area contributed by atoms with Gasteiger partial charge in [-0.05, 0) is 37.3 Å². The highest BCUT2D eigenvalue weighted by Crippen LogP contribution is 2.32. The summed E-state index contributed by atoms with van der Waals surface area (Å²) < 4.78 is 17.7. The lowest BCUT2D eigenvalue weighted by Gasteiger charge is -2.27. The summed E-state index contributed by atoms with van der Waals surface area (Å²) in [6.07, 6.45) is 0. The lowest BCUT2D eigenvalue weighted by atomic mass is 10.1. The molecule has 1 aromatic carbocycles.